The first-order valence-electron chi connectivity index (χ1n) is 10.8. The third-order valence-corrected chi connectivity index (χ3v) is 9.39. The first kappa shape index (κ1) is 22.7. The quantitative estimate of drug-likeness (QED) is 0.646. The summed E-state index contributed by atoms with van der Waals surface area (Å²) in [5.41, 5.74) is 0.337. The minimum absolute atomic E-state index is 0.166. The third-order valence-electron chi connectivity index (χ3n) is 6.19. The second-order valence-corrected chi connectivity index (χ2v) is 11.5. The molecule has 0 saturated carbocycles. The van der Waals surface area contributed by atoms with Gasteiger partial charge in [-0.25, -0.2) is 8.42 Å². The largest absolute Gasteiger partial charge is 0.323 e. The van der Waals surface area contributed by atoms with Crippen LogP contribution in [0.1, 0.15) is 49.9 Å². The lowest BCUT2D eigenvalue weighted by Gasteiger charge is -2.29. The fraction of sp³-hybridized carbons (Fsp3) is 0.500. The topological polar surface area (TPSA) is 69.7 Å². The number of thiophene rings is 1. The monoisotopic (exact) mass is 481 g/mol. The van der Waals surface area contributed by atoms with E-state index in [1.165, 1.54) is 21.3 Å². The number of piperidine rings is 1. The first-order valence-corrected chi connectivity index (χ1v) is 13.5. The summed E-state index contributed by atoms with van der Waals surface area (Å²) in [6.07, 6.45) is 4.87. The van der Waals surface area contributed by atoms with Crippen molar-refractivity contribution in [1.29, 1.82) is 0 Å². The second kappa shape index (κ2) is 9.58. The molecule has 1 amide bonds. The highest BCUT2D eigenvalue weighted by Gasteiger charge is 2.34. The van der Waals surface area contributed by atoms with Gasteiger partial charge in [0, 0.05) is 24.0 Å². The Morgan fingerprint density at radius 2 is 1.94 bits per heavy atom. The van der Waals surface area contributed by atoms with E-state index in [2.05, 4.69) is 21.7 Å². The lowest BCUT2D eigenvalue weighted by Crippen LogP contribution is -2.41. The van der Waals surface area contributed by atoms with Crippen molar-refractivity contribution in [3.05, 3.63) is 45.6 Å². The Hall–Kier alpha value is -1.45. The number of halogens is 1. The molecule has 2 aliphatic heterocycles. The lowest BCUT2D eigenvalue weighted by atomic mass is 10.1. The van der Waals surface area contributed by atoms with Crippen LogP contribution in [-0.4, -0.2) is 49.2 Å². The normalized spacial score (nSPS) is 21.8. The van der Waals surface area contributed by atoms with Crippen molar-refractivity contribution in [3.63, 3.8) is 0 Å². The Balaban J connectivity index is 1.51. The molecule has 31 heavy (non-hydrogen) atoms. The van der Waals surface area contributed by atoms with Crippen LogP contribution in [0.5, 0.6) is 0 Å². The molecular formula is C22H28ClN3O3S2. The van der Waals surface area contributed by atoms with Crippen molar-refractivity contribution in [1.82, 2.24) is 9.21 Å². The van der Waals surface area contributed by atoms with Crippen LogP contribution in [-0.2, 0) is 14.8 Å². The fourth-order valence-electron chi connectivity index (χ4n) is 4.44. The highest BCUT2D eigenvalue weighted by Crippen LogP contribution is 2.36. The predicted molar refractivity (Wildman–Crippen MR) is 125 cm³/mol. The number of likely N-dealkylation sites (tertiary alicyclic amines) is 1. The van der Waals surface area contributed by atoms with E-state index in [0.29, 0.717) is 23.8 Å². The van der Waals surface area contributed by atoms with Crippen molar-refractivity contribution in [2.75, 3.05) is 25.0 Å². The van der Waals surface area contributed by atoms with E-state index < -0.39 is 10.0 Å². The molecular weight excluding hydrogens is 454 g/mol. The van der Waals surface area contributed by atoms with E-state index in [1.807, 2.05) is 13.0 Å². The average Bonchev–Trinajstić information content (AvgIpc) is 3.47. The number of hydrogen-bond acceptors (Lipinski definition) is 5. The summed E-state index contributed by atoms with van der Waals surface area (Å²) in [7, 11) is -3.60. The molecule has 2 atom stereocenters. The van der Waals surface area contributed by atoms with Gasteiger partial charge in [0.05, 0.1) is 21.6 Å². The van der Waals surface area contributed by atoms with Gasteiger partial charge in [0.15, 0.2) is 0 Å². The minimum Gasteiger partial charge on any atom is -0.323 e. The van der Waals surface area contributed by atoms with Crippen molar-refractivity contribution < 1.29 is 13.2 Å². The number of anilines is 1. The van der Waals surface area contributed by atoms with E-state index in [0.717, 1.165) is 38.6 Å². The van der Waals surface area contributed by atoms with Gasteiger partial charge in [0.25, 0.3) is 0 Å². The van der Waals surface area contributed by atoms with Crippen LogP contribution in [0.2, 0.25) is 5.02 Å². The number of benzene rings is 1. The minimum atomic E-state index is -3.60. The Morgan fingerprint density at radius 3 is 2.65 bits per heavy atom. The SMILES string of the molecule is CC(C(=O)Nc1cc(S(=O)(=O)N2CCCCC2)ccc1Cl)N1CCCC1c1cccs1. The molecule has 1 N–H and O–H groups in total. The zero-order valence-corrected chi connectivity index (χ0v) is 20.0. The third kappa shape index (κ3) is 4.83. The molecule has 2 fully saturated rings. The smallest absolute Gasteiger partial charge is 0.243 e. The molecule has 9 heteroatoms. The molecule has 1 aromatic carbocycles. The molecule has 0 spiro atoms. The molecule has 0 aliphatic carbocycles. The Kier molecular flexibility index (Phi) is 7.03. The summed E-state index contributed by atoms with van der Waals surface area (Å²) in [6, 6.07) is 8.58. The van der Waals surface area contributed by atoms with Gasteiger partial charge in [-0.1, -0.05) is 24.1 Å². The van der Waals surface area contributed by atoms with Gasteiger partial charge < -0.3 is 5.32 Å². The Morgan fingerprint density at radius 1 is 1.16 bits per heavy atom. The van der Waals surface area contributed by atoms with Gasteiger partial charge in [-0.3, -0.25) is 9.69 Å². The Bertz CT molecular complexity index is 1020. The molecule has 2 saturated heterocycles. The van der Waals surface area contributed by atoms with Crippen LogP contribution in [0.25, 0.3) is 0 Å². The number of amides is 1. The summed E-state index contributed by atoms with van der Waals surface area (Å²) in [5.74, 6) is -0.183. The van der Waals surface area contributed by atoms with Crippen LogP contribution >= 0.6 is 22.9 Å². The van der Waals surface area contributed by atoms with E-state index >= 15 is 0 Å². The maximum absolute atomic E-state index is 13.1. The molecule has 2 unspecified atom stereocenters. The standard InChI is InChI=1S/C22H28ClN3O3S2/c1-16(26-13-5-7-20(26)21-8-6-14-30-21)22(27)24-19-15-17(9-10-18(19)23)31(28,29)25-11-3-2-4-12-25/h6,8-10,14-16,20H,2-5,7,11-13H2,1H3,(H,24,27). The van der Waals surface area contributed by atoms with E-state index in [1.54, 1.807) is 17.4 Å². The highest BCUT2D eigenvalue weighted by molar-refractivity contribution is 7.89. The molecule has 4 rings (SSSR count). The maximum atomic E-state index is 13.1. The molecule has 1 aromatic heterocycles. The number of nitrogens with one attached hydrogen (secondary N) is 1. The summed E-state index contributed by atoms with van der Waals surface area (Å²) in [6.45, 7) is 3.81. The van der Waals surface area contributed by atoms with E-state index in [4.69, 9.17) is 11.6 Å². The fourth-order valence-corrected chi connectivity index (χ4v) is 7.03. The van der Waals surface area contributed by atoms with E-state index in [9.17, 15) is 13.2 Å². The molecule has 6 nitrogen and oxygen atoms in total. The first-order chi connectivity index (χ1) is 14.9. The van der Waals surface area contributed by atoms with Gasteiger partial charge in [-0.2, -0.15) is 4.31 Å². The van der Waals surface area contributed by atoms with Crippen LogP contribution in [0, 0.1) is 0 Å². The van der Waals surface area contributed by atoms with Gasteiger partial charge >= 0.3 is 0 Å². The number of nitrogens with zero attached hydrogens (tertiary/aromatic N) is 2. The molecule has 168 valence electrons. The van der Waals surface area contributed by atoms with Crippen molar-refractivity contribution in [2.24, 2.45) is 0 Å². The van der Waals surface area contributed by atoms with Gasteiger partial charge in [0.2, 0.25) is 15.9 Å². The van der Waals surface area contributed by atoms with Crippen molar-refractivity contribution in [3.8, 4) is 0 Å². The number of hydrogen-bond donors (Lipinski definition) is 1. The van der Waals surface area contributed by atoms with Gasteiger partial charge in [0.1, 0.15) is 0 Å². The summed E-state index contributed by atoms with van der Waals surface area (Å²) < 4.78 is 27.6. The number of sulfonamides is 1. The van der Waals surface area contributed by atoms with Gasteiger partial charge in [-0.15, -0.1) is 11.3 Å². The molecule has 0 radical (unpaired) electrons. The second-order valence-electron chi connectivity index (χ2n) is 8.18. The lowest BCUT2D eigenvalue weighted by molar-refractivity contribution is -0.121. The summed E-state index contributed by atoms with van der Waals surface area (Å²) in [5, 5.41) is 5.26. The molecule has 2 aliphatic rings. The van der Waals surface area contributed by atoms with Crippen LogP contribution in [0.15, 0.2) is 40.6 Å². The Labute approximate surface area is 193 Å². The van der Waals surface area contributed by atoms with Gasteiger partial charge in [-0.05, 0) is 68.8 Å². The summed E-state index contributed by atoms with van der Waals surface area (Å²) >= 11 is 8.03. The van der Waals surface area contributed by atoms with Crippen LogP contribution in [0.4, 0.5) is 5.69 Å². The molecule has 2 aromatic rings. The van der Waals surface area contributed by atoms with Crippen LogP contribution in [0.3, 0.4) is 0 Å². The zero-order chi connectivity index (χ0) is 22.0. The average molecular weight is 482 g/mol. The predicted octanol–water partition coefficient (Wildman–Crippen LogP) is 4.74. The maximum Gasteiger partial charge on any atom is 0.243 e. The van der Waals surface area contributed by atoms with Crippen molar-refractivity contribution in [2.45, 2.75) is 56.0 Å². The van der Waals surface area contributed by atoms with Crippen molar-refractivity contribution >= 4 is 44.6 Å². The number of carbonyl (C=O) groups excluding carboxylic acids is 1. The van der Waals surface area contributed by atoms with Crippen LogP contribution < -0.4 is 5.32 Å². The zero-order valence-electron chi connectivity index (χ0n) is 17.6. The van der Waals surface area contributed by atoms with E-state index in [-0.39, 0.29) is 22.9 Å². The summed E-state index contributed by atoms with van der Waals surface area (Å²) in [4.78, 5) is 16.7. The number of carbonyl (C=O) groups is 1. The number of rotatable bonds is 6. The molecule has 0 bridgehead atoms. The highest BCUT2D eigenvalue weighted by atomic mass is 35.5. The molecule has 3 heterocycles.